The highest BCUT2D eigenvalue weighted by molar-refractivity contribution is 5.08. The van der Waals surface area contributed by atoms with Crippen molar-refractivity contribution in [1.29, 1.82) is 0 Å². The van der Waals surface area contributed by atoms with Gasteiger partial charge in [-0.3, -0.25) is 4.90 Å². The van der Waals surface area contributed by atoms with Gasteiger partial charge in [0.05, 0.1) is 13.1 Å². The Morgan fingerprint density at radius 1 is 1.44 bits per heavy atom. The molecule has 1 heterocycles. The normalized spacial score (nSPS) is 15.6. The second kappa shape index (κ2) is 6.21. The Kier molecular flexibility index (Phi) is 4.61. The van der Waals surface area contributed by atoms with Gasteiger partial charge in [-0.25, -0.2) is 0 Å². The third kappa shape index (κ3) is 4.00. The van der Waals surface area contributed by atoms with E-state index in [4.69, 9.17) is 4.42 Å². The quantitative estimate of drug-likeness (QED) is 0.717. The lowest BCUT2D eigenvalue weighted by Gasteiger charge is -2.18. The summed E-state index contributed by atoms with van der Waals surface area (Å²) >= 11 is 0. The standard InChI is InChI=1S/C15H24N2O/c1-4-9-17(13-5-6-13)11-15-8-7-14(18-15)10-16-12(2)3/h4,7-8,12-13,16H,1,5-6,9-11H2,2-3H3. The van der Waals surface area contributed by atoms with Crippen LogP contribution in [-0.2, 0) is 13.1 Å². The first-order valence-electron chi connectivity index (χ1n) is 6.85. The third-order valence-electron chi connectivity index (χ3n) is 3.19. The molecule has 3 heteroatoms. The topological polar surface area (TPSA) is 28.4 Å². The van der Waals surface area contributed by atoms with Crippen molar-refractivity contribution in [3.05, 3.63) is 36.3 Å². The van der Waals surface area contributed by atoms with Crippen LogP contribution >= 0.6 is 0 Å². The van der Waals surface area contributed by atoms with Crippen LogP contribution in [0.1, 0.15) is 38.2 Å². The zero-order valence-electron chi connectivity index (χ0n) is 11.5. The first-order valence-corrected chi connectivity index (χ1v) is 6.85. The summed E-state index contributed by atoms with van der Waals surface area (Å²) in [6.45, 7) is 10.8. The van der Waals surface area contributed by atoms with Crippen molar-refractivity contribution in [3.8, 4) is 0 Å². The Bertz CT molecular complexity index is 380. The summed E-state index contributed by atoms with van der Waals surface area (Å²) in [6, 6.07) is 5.40. The summed E-state index contributed by atoms with van der Waals surface area (Å²) < 4.78 is 5.85. The van der Waals surface area contributed by atoms with E-state index in [-0.39, 0.29) is 0 Å². The van der Waals surface area contributed by atoms with Gasteiger partial charge in [0.2, 0.25) is 0 Å². The zero-order valence-corrected chi connectivity index (χ0v) is 11.5. The number of furan rings is 1. The molecule has 0 aliphatic heterocycles. The predicted molar refractivity (Wildman–Crippen MR) is 74.3 cm³/mol. The van der Waals surface area contributed by atoms with Crippen LogP contribution in [0.25, 0.3) is 0 Å². The SMILES string of the molecule is C=CCN(Cc1ccc(CNC(C)C)o1)C1CC1. The van der Waals surface area contributed by atoms with Crippen molar-refractivity contribution < 1.29 is 4.42 Å². The van der Waals surface area contributed by atoms with E-state index in [1.807, 2.05) is 6.08 Å². The Hall–Kier alpha value is -1.06. The maximum absolute atomic E-state index is 5.85. The summed E-state index contributed by atoms with van der Waals surface area (Å²) in [5.74, 6) is 2.08. The van der Waals surface area contributed by atoms with Gasteiger partial charge in [0, 0.05) is 18.6 Å². The summed E-state index contributed by atoms with van der Waals surface area (Å²) in [5.41, 5.74) is 0. The minimum atomic E-state index is 0.488. The fourth-order valence-electron chi connectivity index (χ4n) is 2.06. The Balaban J connectivity index is 1.86. The molecule has 0 unspecified atom stereocenters. The number of hydrogen-bond acceptors (Lipinski definition) is 3. The fourth-order valence-corrected chi connectivity index (χ4v) is 2.06. The van der Waals surface area contributed by atoms with Crippen LogP contribution in [-0.4, -0.2) is 23.5 Å². The molecule has 1 aliphatic carbocycles. The molecule has 100 valence electrons. The second-order valence-electron chi connectivity index (χ2n) is 5.35. The second-order valence-corrected chi connectivity index (χ2v) is 5.35. The summed E-state index contributed by atoms with van der Waals surface area (Å²) in [4.78, 5) is 2.44. The smallest absolute Gasteiger partial charge is 0.118 e. The molecule has 0 amide bonds. The van der Waals surface area contributed by atoms with Gasteiger partial charge in [0.25, 0.3) is 0 Å². The van der Waals surface area contributed by atoms with Gasteiger partial charge in [-0.15, -0.1) is 6.58 Å². The van der Waals surface area contributed by atoms with E-state index >= 15 is 0 Å². The molecule has 1 aromatic heterocycles. The zero-order chi connectivity index (χ0) is 13.0. The van der Waals surface area contributed by atoms with Crippen molar-refractivity contribution in [1.82, 2.24) is 10.2 Å². The number of nitrogens with one attached hydrogen (secondary N) is 1. The highest BCUT2D eigenvalue weighted by atomic mass is 16.3. The van der Waals surface area contributed by atoms with Crippen LogP contribution < -0.4 is 5.32 Å². The molecule has 0 aromatic carbocycles. The Morgan fingerprint density at radius 2 is 2.17 bits per heavy atom. The van der Waals surface area contributed by atoms with Gasteiger partial charge in [0.15, 0.2) is 0 Å². The molecule has 2 rings (SSSR count). The average Bonchev–Trinajstić information content (AvgIpc) is 3.08. The minimum absolute atomic E-state index is 0.488. The number of hydrogen-bond donors (Lipinski definition) is 1. The highest BCUT2D eigenvalue weighted by Gasteiger charge is 2.28. The van der Waals surface area contributed by atoms with E-state index in [9.17, 15) is 0 Å². The summed E-state index contributed by atoms with van der Waals surface area (Å²) in [7, 11) is 0. The molecular formula is C15H24N2O. The largest absolute Gasteiger partial charge is 0.463 e. The first-order chi connectivity index (χ1) is 8.69. The van der Waals surface area contributed by atoms with Crippen LogP contribution in [0.5, 0.6) is 0 Å². The fraction of sp³-hybridized carbons (Fsp3) is 0.600. The van der Waals surface area contributed by atoms with Crippen LogP contribution in [0.3, 0.4) is 0 Å². The molecule has 1 saturated carbocycles. The summed E-state index contributed by atoms with van der Waals surface area (Å²) in [6.07, 6.45) is 4.61. The van der Waals surface area contributed by atoms with E-state index < -0.39 is 0 Å². The van der Waals surface area contributed by atoms with Gasteiger partial charge in [-0.05, 0) is 25.0 Å². The molecule has 1 N–H and O–H groups in total. The maximum Gasteiger partial charge on any atom is 0.118 e. The van der Waals surface area contributed by atoms with E-state index in [1.165, 1.54) is 12.8 Å². The number of rotatable bonds is 8. The molecule has 1 aromatic rings. The van der Waals surface area contributed by atoms with E-state index in [2.05, 4.69) is 42.8 Å². The molecule has 1 fully saturated rings. The Labute approximate surface area is 110 Å². The predicted octanol–water partition coefficient (Wildman–Crippen LogP) is 2.93. The van der Waals surface area contributed by atoms with Crippen LogP contribution in [0, 0.1) is 0 Å². The molecule has 0 atom stereocenters. The van der Waals surface area contributed by atoms with Crippen LogP contribution in [0.2, 0.25) is 0 Å². The molecule has 18 heavy (non-hydrogen) atoms. The monoisotopic (exact) mass is 248 g/mol. The van der Waals surface area contributed by atoms with Gasteiger partial charge in [0.1, 0.15) is 11.5 Å². The Morgan fingerprint density at radius 3 is 2.78 bits per heavy atom. The first kappa shape index (κ1) is 13.4. The number of nitrogens with zero attached hydrogens (tertiary/aromatic N) is 1. The van der Waals surface area contributed by atoms with Crippen LogP contribution in [0.4, 0.5) is 0 Å². The van der Waals surface area contributed by atoms with E-state index in [0.29, 0.717) is 6.04 Å². The molecule has 0 radical (unpaired) electrons. The average molecular weight is 248 g/mol. The molecule has 0 spiro atoms. The molecule has 0 bridgehead atoms. The third-order valence-corrected chi connectivity index (χ3v) is 3.19. The molecule has 3 nitrogen and oxygen atoms in total. The van der Waals surface area contributed by atoms with E-state index in [1.54, 1.807) is 0 Å². The van der Waals surface area contributed by atoms with E-state index in [0.717, 1.165) is 37.2 Å². The van der Waals surface area contributed by atoms with Crippen LogP contribution in [0.15, 0.2) is 29.2 Å². The van der Waals surface area contributed by atoms with Gasteiger partial charge in [-0.2, -0.15) is 0 Å². The van der Waals surface area contributed by atoms with Crippen molar-refractivity contribution in [2.75, 3.05) is 6.54 Å². The highest BCUT2D eigenvalue weighted by Crippen LogP contribution is 2.28. The maximum atomic E-state index is 5.85. The molecule has 1 aliphatic rings. The van der Waals surface area contributed by atoms with Crippen molar-refractivity contribution in [2.24, 2.45) is 0 Å². The lowest BCUT2D eigenvalue weighted by Crippen LogP contribution is -2.25. The van der Waals surface area contributed by atoms with Crippen molar-refractivity contribution >= 4 is 0 Å². The lowest BCUT2D eigenvalue weighted by atomic mass is 10.3. The molecule has 0 saturated heterocycles. The minimum Gasteiger partial charge on any atom is -0.463 e. The van der Waals surface area contributed by atoms with Crippen molar-refractivity contribution in [2.45, 2.75) is 51.9 Å². The lowest BCUT2D eigenvalue weighted by molar-refractivity contribution is 0.254. The van der Waals surface area contributed by atoms with Gasteiger partial charge in [-0.1, -0.05) is 19.9 Å². The van der Waals surface area contributed by atoms with Gasteiger partial charge >= 0.3 is 0 Å². The molecular weight excluding hydrogens is 224 g/mol. The summed E-state index contributed by atoms with van der Waals surface area (Å²) in [5, 5.41) is 3.37. The van der Waals surface area contributed by atoms with Gasteiger partial charge < -0.3 is 9.73 Å². The van der Waals surface area contributed by atoms with Crippen molar-refractivity contribution in [3.63, 3.8) is 0 Å².